The number of carbonyl (C=O) groups is 3. The molecule has 0 radical (unpaired) electrons. The quantitative estimate of drug-likeness (QED) is 0.283. The highest BCUT2D eigenvalue weighted by Gasteiger charge is 2.26. The average molecular weight is 430 g/mol. The van der Waals surface area contributed by atoms with Crippen molar-refractivity contribution >= 4 is 18.3 Å². The van der Waals surface area contributed by atoms with E-state index in [9.17, 15) is 14.4 Å². The van der Waals surface area contributed by atoms with Crippen molar-refractivity contribution < 1.29 is 24.2 Å². The molecule has 0 fully saturated rings. The van der Waals surface area contributed by atoms with Gasteiger partial charge < -0.3 is 15.2 Å². The lowest BCUT2D eigenvalue weighted by molar-refractivity contribution is -0.150. The second-order valence-electron chi connectivity index (χ2n) is 8.55. The van der Waals surface area contributed by atoms with Crippen LogP contribution in [-0.2, 0) is 19.1 Å². The fourth-order valence-electron chi connectivity index (χ4n) is 3.52. The molecular weight excluding hydrogens is 394 g/mol. The molecule has 31 heavy (non-hydrogen) atoms. The van der Waals surface area contributed by atoms with Crippen LogP contribution in [-0.4, -0.2) is 36.1 Å². The Hall–Kier alpha value is -2.89. The van der Waals surface area contributed by atoms with Gasteiger partial charge in [0.1, 0.15) is 12.6 Å². The van der Waals surface area contributed by atoms with Crippen LogP contribution < -0.4 is 5.32 Å². The van der Waals surface area contributed by atoms with Crippen LogP contribution in [0.5, 0.6) is 0 Å². The minimum absolute atomic E-state index is 0.00320. The van der Waals surface area contributed by atoms with E-state index < -0.39 is 24.4 Å². The predicted molar refractivity (Wildman–Crippen MR) is 122 cm³/mol. The third kappa shape index (κ3) is 9.64. The van der Waals surface area contributed by atoms with Crippen molar-refractivity contribution in [3.63, 3.8) is 0 Å². The molecule has 0 saturated heterocycles. The Labute approximate surface area is 185 Å². The van der Waals surface area contributed by atoms with Crippen LogP contribution in [0, 0.1) is 5.41 Å². The first-order valence-electron chi connectivity index (χ1n) is 10.5. The van der Waals surface area contributed by atoms with E-state index in [-0.39, 0.29) is 18.4 Å². The van der Waals surface area contributed by atoms with Gasteiger partial charge in [-0.15, -0.1) is 0 Å². The number of aliphatic carboxylic acids is 1. The van der Waals surface area contributed by atoms with Gasteiger partial charge >= 0.3 is 11.9 Å². The van der Waals surface area contributed by atoms with Gasteiger partial charge in [0.25, 0.3) is 0 Å². The van der Waals surface area contributed by atoms with E-state index in [1.165, 1.54) is 30.4 Å². The summed E-state index contributed by atoms with van der Waals surface area (Å²) < 4.78 is 5.03. The second kappa shape index (κ2) is 12.7. The Morgan fingerprint density at radius 2 is 1.94 bits per heavy atom. The monoisotopic (exact) mass is 429 g/mol. The number of hydrogen-bond donors (Lipinski definition) is 2. The fourth-order valence-corrected chi connectivity index (χ4v) is 3.52. The van der Waals surface area contributed by atoms with Crippen molar-refractivity contribution in [1.82, 2.24) is 5.32 Å². The zero-order valence-electron chi connectivity index (χ0n) is 19.2. The first kappa shape index (κ1) is 26.1. The minimum atomic E-state index is -1.19. The zero-order chi connectivity index (χ0) is 23.4. The van der Waals surface area contributed by atoms with Crippen molar-refractivity contribution in [2.45, 2.75) is 66.3 Å². The van der Waals surface area contributed by atoms with Crippen LogP contribution in [0.1, 0.15) is 60.3 Å². The lowest BCUT2D eigenvalue weighted by atomic mass is 9.72. The largest absolute Gasteiger partial charge is 0.481 e. The Balaban J connectivity index is 2.61. The molecule has 0 bridgehead atoms. The molecule has 0 aromatic rings. The summed E-state index contributed by atoms with van der Waals surface area (Å²) in [5.74, 6) is -1.97. The van der Waals surface area contributed by atoms with E-state index in [1.807, 2.05) is 25.2 Å². The number of allylic oxidation sites excluding steroid dienone is 9. The standard InChI is InChI=1S/C25H35NO5/c1-18(11-12-21-20(3)10-7-14-25(21,4)5)8-6-9-19(2)13-15-31-24(30)22(26-17-27)16-23(28)29/h6,8-9,11-13,17,22H,7,10,14-16H2,1-5H3,(H,26,27)(H,28,29)/b9-6+,12-11+,18-8+,19-13+/t22-/m0/s1. The molecule has 170 valence electrons. The molecule has 1 amide bonds. The molecule has 2 N–H and O–H groups in total. The van der Waals surface area contributed by atoms with E-state index in [2.05, 4.69) is 45.2 Å². The number of carboxylic acids is 1. The molecule has 1 aliphatic rings. The van der Waals surface area contributed by atoms with Crippen molar-refractivity contribution in [2.75, 3.05) is 6.61 Å². The van der Waals surface area contributed by atoms with Crippen molar-refractivity contribution in [3.8, 4) is 0 Å². The maximum atomic E-state index is 11.8. The summed E-state index contributed by atoms with van der Waals surface area (Å²) >= 11 is 0. The molecule has 0 aromatic heterocycles. The summed E-state index contributed by atoms with van der Waals surface area (Å²) in [6.07, 6.45) is 15.3. The first-order chi connectivity index (χ1) is 14.6. The van der Waals surface area contributed by atoms with E-state index in [4.69, 9.17) is 9.84 Å². The fraction of sp³-hybridized carbons (Fsp3) is 0.480. The number of nitrogens with one attached hydrogen (secondary N) is 1. The van der Waals surface area contributed by atoms with Crippen molar-refractivity contribution in [3.05, 3.63) is 58.7 Å². The Morgan fingerprint density at radius 3 is 2.55 bits per heavy atom. The van der Waals surface area contributed by atoms with Crippen LogP contribution >= 0.6 is 0 Å². The number of amides is 1. The zero-order valence-corrected chi connectivity index (χ0v) is 19.2. The molecule has 0 heterocycles. The Bertz CT molecular complexity index is 812. The topological polar surface area (TPSA) is 92.7 Å². The van der Waals surface area contributed by atoms with Crippen LogP contribution in [0.4, 0.5) is 0 Å². The second-order valence-corrected chi connectivity index (χ2v) is 8.55. The molecular formula is C25H35NO5. The van der Waals surface area contributed by atoms with E-state index in [1.54, 1.807) is 6.08 Å². The third-order valence-corrected chi connectivity index (χ3v) is 5.34. The van der Waals surface area contributed by atoms with Gasteiger partial charge in [0.05, 0.1) is 6.42 Å². The maximum absolute atomic E-state index is 11.8. The van der Waals surface area contributed by atoms with E-state index in [0.29, 0.717) is 0 Å². The van der Waals surface area contributed by atoms with Crippen LogP contribution in [0.25, 0.3) is 0 Å². The maximum Gasteiger partial charge on any atom is 0.329 e. The van der Waals surface area contributed by atoms with Crippen LogP contribution in [0.3, 0.4) is 0 Å². The minimum Gasteiger partial charge on any atom is -0.481 e. The number of ether oxygens (including phenoxy) is 1. The summed E-state index contributed by atoms with van der Waals surface area (Å²) in [7, 11) is 0. The first-order valence-corrected chi connectivity index (χ1v) is 10.5. The van der Waals surface area contributed by atoms with E-state index >= 15 is 0 Å². The number of hydrogen-bond acceptors (Lipinski definition) is 4. The van der Waals surface area contributed by atoms with Gasteiger partial charge in [0.15, 0.2) is 0 Å². The molecule has 0 spiro atoms. The predicted octanol–water partition coefficient (Wildman–Crippen LogP) is 4.65. The Morgan fingerprint density at radius 1 is 1.23 bits per heavy atom. The lowest BCUT2D eigenvalue weighted by Gasteiger charge is -2.32. The average Bonchev–Trinajstić information content (AvgIpc) is 2.66. The SMILES string of the molecule is CC1=C(/C=C/C(C)=C/C=C/C(C)=C/COC(=O)[C@H](CC(=O)O)NC=O)C(C)(C)CCC1. The third-order valence-electron chi connectivity index (χ3n) is 5.34. The van der Waals surface area contributed by atoms with Crippen LogP contribution in [0.2, 0.25) is 0 Å². The summed E-state index contributed by atoms with van der Waals surface area (Å²) in [6.45, 7) is 10.7. The van der Waals surface area contributed by atoms with Gasteiger partial charge in [-0.05, 0) is 57.1 Å². The molecule has 1 aliphatic carbocycles. The summed E-state index contributed by atoms with van der Waals surface area (Å²) in [5.41, 5.74) is 5.15. The highest BCUT2D eigenvalue weighted by molar-refractivity contribution is 5.83. The summed E-state index contributed by atoms with van der Waals surface area (Å²) in [6, 6.07) is -1.19. The molecule has 0 aliphatic heterocycles. The Kier molecular flexibility index (Phi) is 10.7. The number of carboxylic acid groups (broad SMARTS) is 1. The number of rotatable bonds is 11. The number of carbonyl (C=O) groups excluding carboxylic acids is 2. The molecule has 0 aromatic carbocycles. The van der Waals surface area contributed by atoms with Gasteiger partial charge in [-0.2, -0.15) is 0 Å². The highest BCUT2D eigenvalue weighted by atomic mass is 16.5. The van der Waals surface area contributed by atoms with Crippen molar-refractivity contribution in [1.29, 1.82) is 0 Å². The van der Waals surface area contributed by atoms with Gasteiger partial charge in [0.2, 0.25) is 6.41 Å². The molecule has 1 rings (SSSR count). The molecule has 1 atom stereocenters. The molecule has 6 nitrogen and oxygen atoms in total. The van der Waals surface area contributed by atoms with Gasteiger partial charge in [-0.3, -0.25) is 9.59 Å². The van der Waals surface area contributed by atoms with Gasteiger partial charge in [0, 0.05) is 0 Å². The van der Waals surface area contributed by atoms with Gasteiger partial charge in [-0.25, -0.2) is 4.79 Å². The highest BCUT2D eigenvalue weighted by Crippen LogP contribution is 2.40. The normalized spacial score (nSPS) is 18.4. The molecule has 0 saturated carbocycles. The van der Waals surface area contributed by atoms with Crippen LogP contribution in [0.15, 0.2) is 58.7 Å². The number of esters is 1. The summed E-state index contributed by atoms with van der Waals surface area (Å²) in [5, 5.41) is 10.9. The van der Waals surface area contributed by atoms with Gasteiger partial charge in [-0.1, -0.05) is 60.9 Å². The smallest absolute Gasteiger partial charge is 0.329 e. The van der Waals surface area contributed by atoms with E-state index in [0.717, 1.165) is 11.1 Å². The molecule has 6 heteroatoms. The lowest BCUT2D eigenvalue weighted by Crippen LogP contribution is -2.39. The molecule has 0 unspecified atom stereocenters. The summed E-state index contributed by atoms with van der Waals surface area (Å²) in [4.78, 5) is 33.1. The van der Waals surface area contributed by atoms with Crippen molar-refractivity contribution in [2.24, 2.45) is 5.41 Å².